The highest BCUT2D eigenvalue weighted by Crippen LogP contribution is 2.67. The molecule has 208 valence electrons. The Kier molecular flexibility index (Phi) is 4.22. The summed E-state index contributed by atoms with van der Waals surface area (Å²) in [5, 5.41) is 8.66. The highest BCUT2D eigenvalue weighted by molar-refractivity contribution is 6.14. The van der Waals surface area contributed by atoms with Crippen molar-refractivity contribution in [2.45, 2.75) is 30.6 Å². The van der Waals surface area contributed by atoms with Crippen LogP contribution >= 0.6 is 0 Å². The van der Waals surface area contributed by atoms with Gasteiger partial charge in [0.2, 0.25) is 0 Å². The zero-order chi connectivity index (χ0) is 28.6. The Balaban J connectivity index is 1.13. The highest BCUT2D eigenvalue weighted by atomic mass is 16.3. The number of rotatable bonds is 2. The van der Waals surface area contributed by atoms with Crippen LogP contribution in [0, 0.1) is 0 Å². The molecule has 6 aromatic carbocycles. The van der Waals surface area contributed by atoms with Gasteiger partial charge in [-0.15, -0.1) is 0 Å². The van der Waals surface area contributed by atoms with E-state index in [1.807, 2.05) is 6.07 Å². The molecule has 2 aliphatic carbocycles. The molecule has 2 aromatic heterocycles. The van der Waals surface area contributed by atoms with Crippen molar-refractivity contribution in [1.29, 1.82) is 0 Å². The molecular formula is C41H27NO2. The standard InChI is InChI=1S/C41H27NO2/c1-3-11-33-28(7-1)38-25(9-5-13-35(38)43-33)23-15-17-31-30(21-23)41-20-19-24(22-41)37-27(16-18-32(42-31)40(37)41)26-10-6-14-36-39(26)29-8-2-4-12-34(29)44-36/h1-18,21,24,42H,19-20,22H2. The Morgan fingerprint density at radius 2 is 1.25 bits per heavy atom. The number of hydrogen-bond donors (Lipinski definition) is 1. The van der Waals surface area contributed by atoms with Crippen molar-refractivity contribution in [3.63, 3.8) is 0 Å². The molecule has 8 aromatic rings. The van der Waals surface area contributed by atoms with E-state index in [9.17, 15) is 0 Å². The van der Waals surface area contributed by atoms with E-state index >= 15 is 0 Å². The molecule has 0 amide bonds. The summed E-state index contributed by atoms with van der Waals surface area (Å²) in [6.45, 7) is 0. The third-order valence-electron chi connectivity index (χ3n) is 10.9. The lowest BCUT2D eigenvalue weighted by Crippen LogP contribution is -2.29. The molecule has 0 saturated heterocycles. The van der Waals surface area contributed by atoms with Crippen LogP contribution in [0.2, 0.25) is 0 Å². The molecule has 2 unspecified atom stereocenters. The van der Waals surface area contributed by atoms with Gasteiger partial charge in [0, 0.05) is 38.3 Å². The molecule has 1 spiro atoms. The van der Waals surface area contributed by atoms with Crippen LogP contribution in [0.15, 0.2) is 124 Å². The number of anilines is 2. The summed E-state index contributed by atoms with van der Waals surface area (Å²) in [6.07, 6.45) is 3.58. The lowest BCUT2D eigenvalue weighted by molar-refractivity contribution is 0.549. The van der Waals surface area contributed by atoms with Gasteiger partial charge in [-0.25, -0.2) is 0 Å². The van der Waals surface area contributed by atoms with Crippen LogP contribution in [0.25, 0.3) is 66.1 Å². The summed E-state index contributed by atoms with van der Waals surface area (Å²) in [5.41, 5.74) is 16.0. The fourth-order valence-electron chi connectivity index (χ4n) is 9.17. The summed E-state index contributed by atoms with van der Waals surface area (Å²) < 4.78 is 12.6. The molecule has 1 N–H and O–H groups in total. The lowest BCUT2D eigenvalue weighted by Gasteiger charge is -2.39. The van der Waals surface area contributed by atoms with Gasteiger partial charge in [-0.1, -0.05) is 72.8 Å². The molecule has 2 bridgehead atoms. The summed E-state index contributed by atoms with van der Waals surface area (Å²) in [6, 6.07) is 41.6. The number of para-hydroxylation sites is 2. The first-order valence-electron chi connectivity index (χ1n) is 15.7. The maximum Gasteiger partial charge on any atom is 0.136 e. The highest BCUT2D eigenvalue weighted by Gasteiger charge is 2.54. The summed E-state index contributed by atoms with van der Waals surface area (Å²) in [7, 11) is 0. The van der Waals surface area contributed by atoms with Crippen LogP contribution in [0.3, 0.4) is 0 Å². The van der Waals surface area contributed by atoms with E-state index in [1.165, 1.54) is 91.1 Å². The summed E-state index contributed by atoms with van der Waals surface area (Å²) >= 11 is 0. The van der Waals surface area contributed by atoms with Gasteiger partial charge in [0.25, 0.3) is 0 Å². The number of fused-ring (bicyclic) bond motifs is 9. The van der Waals surface area contributed by atoms with E-state index in [0.717, 1.165) is 22.3 Å². The normalized spacial score (nSPS) is 19.6. The first kappa shape index (κ1) is 23.2. The number of hydrogen-bond acceptors (Lipinski definition) is 3. The number of furan rings is 2. The van der Waals surface area contributed by atoms with Gasteiger partial charge >= 0.3 is 0 Å². The van der Waals surface area contributed by atoms with Crippen molar-refractivity contribution in [3.8, 4) is 22.3 Å². The molecule has 3 heterocycles. The molecule has 44 heavy (non-hydrogen) atoms. The van der Waals surface area contributed by atoms with Crippen LogP contribution < -0.4 is 5.32 Å². The third-order valence-corrected chi connectivity index (χ3v) is 10.9. The number of nitrogens with one attached hydrogen (secondary N) is 1. The van der Waals surface area contributed by atoms with Crippen molar-refractivity contribution < 1.29 is 8.83 Å². The second-order valence-electron chi connectivity index (χ2n) is 12.9. The molecule has 3 heteroatoms. The number of benzene rings is 6. The molecule has 1 aliphatic heterocycles. The minimum Gasteiger partial charge on any atom is -0.456 e. The molecule has 11 rings (SSSR count). The first-order valence-corrected chi connectivity index (χ1v) is 15.7. The smallest absolute Gasteiger partial charge is 0.136 e. The second-order valence-corrected chi connectivity index (χ2v) is 12.9. The predicted molar refractivity (Wildman–Crippen MR) is 179 cm³/mol. The Labute approximate surface area is 253 Å². The Morgan fingerprint density at radius 1 is 0.591 bits per heavy atom. The van der Waals surface area contributed by atoms with Gasteiger partial charge in [0.15, 0.2) is 0 Å². The van der Waals surface area contributed by atoms with Crippen LogP contribution in [0.5, 0.6) is 0 Å². The minimum atomic E-state index is 0.0284. The first-order chi connectivity index (χ1) is 21.8. The van der Waals surface area contributed by atoms with Crippen LogP contribution in [-0.4, -0.2) is 0 Å². The van der Waals surface area contributed by atoms with Crippen molar-refractivity contribution in [1.82, 2.24) is 0 Å². The summed E-state index contributed by atoms with van der Waals surface area (Å²) in [4.78, 5) is 0. The van der Waals surface area contributed by atoms with Crippen LogP contribution in [-0.2, 0) is 5.41 Å². The zero-order valence-corrected chi connectivity index (χ0v) is 24.0. The predicted octanol–water partition coefficient (Wildman–Crippen LogP) is 11.4. The monoisotopic (exact) mass is 565 g/mol. The van der Waals surface area contributed by atoms with Gasteiger partial charge < -0.3 is 14.2 Å². The Bertz CT molecular complexity index is 2530. The van der Waals surface area contributed by atoms with Crippen LogP contribution in [0.4, 0.5) is 11.4 Å². The van der Waals surface area contributed by atoms with E-state index in [4.69, 9.17) is 8.83 Å². The fraction of sp³-hybridized carbons (Fsp3) is 0.122. The SMILES string of the molecule is c1ccc2c(c1)oc1cccc(-c3ccc4c(c3)C35CCC(C3)c3c(-c6cccc7oc8ccccc8c67)ccc(c35)N4)c12. The van der Waals surface area contributed by atoms with Gasteiger partial charge in [-0.05, 0) is 107 Å². The maximum absolute atomic E-state index is 6.31. The largest absolute Gasteiger partial charge is 0.456 e. The van der Waals surface area contributed by atoms with Crippen molar-refractivity contribution >= 4 is 55.3 Å². The summed E-state index contributed by atoms with van der Waals surface area (Å²) in [5.74, 6) is 0.547. The van der Waals surface area contributed by atoms with E-state index in [2.05, 4.69) is 115 Å². The molecule has 2 atom stereocenters. The van der Waals surface area contributed by atoms with E-state index in [0.29, 0.717) is 5.92 Å². The van der Waals surface area contributed by atoms with E-state index in [1.54, 1.807) is 0 Å². The molecule has 3 nitrogen and oxygen atoms in total. The molecule has 0 radical (unpaired) electrons. The second kappa shape index (κ2) is 8.00. The van der Waals surface area contributed by atoms with E-state index in [-0.39, 0.29) is 5.41 Å². The maximum atomic E-state index is 6.31. The minimum absolute atomic E-state index is 0.0284. The Hall–Kier alpha value is -5.28. The van der Waals surface area contributed by atoms with Gasteiger partial charge in [0.05, 0.1) is 0 Å². The average Bonchev–Trinajstić information content (AvgIpc) is 3.84. The average molecular weight is 566 g/mol. The third kappa shape index (κ3) is 2.78. The van der Waals surface area contributed by atoms with Gasteiger partial charge in [-0.2, -0.15) is 0 Å². The fourth-order valence-corrected chi connectivity index (χ4v) is 9.17. The van der Waals surface area contributed by atoms with Crippen molar-refractivity contribution in [2.75, 3.05) is 5.32 Å². The molecule has 3 aliphatic rings. The topological polar surface area (TPSA) is 38.3 Å². The Morgan fingerprint density at radius 3 is 2.02 bits per heavy atom. The van der Waals surface area contributed by atoms with Crippen molar-refractivity contribution in [3.05, 3.63) is 132 Å². The van der Waals surface area contributed by atoms with Gasteiger partial charge in [-0.3, -0.25) is 0 Å². The molecular weight excluding hydrogens is 538 g/mol. The van der Waals surface area contributed by atoms with E-state index < -0.39 is 0 Å². The zero-order valence-electron chi connectivity index (χ0n) is 24.0. The lowest BCUT2D eigenvalue weighted by atomic mass is 9.69. The van der Waals surface area contributed by atoms with Crippen LogP contribution in [0.1, 0.15) is 41.9 Å². The molecule has 1 saturated carbocycles. The molecule has 1 fully saturated rings. The van der Waals surface area contributed by atoms with Gasteiger partial charge in [0.1, 0.15) is 22.3 Å². The van der Waals surface area contributed by atoms with Crippen molar-refractivity contribution in [2.24, 2.45) is 0 Å². The quantitative estimate of drug-likeness (QED) is 0.227.